The summed E-state index contributed by atoms with van der Waals surface area (Å²) in [4.78, 5) is 12.5. The van der Waals surface area contributed by atoms with Crippen LogP contribution in [0.2, 0.25) is 0 Å². The highest BCUT2D eigenvalue weighted by molar-refractivity contribution is 7.14. The molecule has 78 valence electrons. The van der Waals surface area contributed by atoms with Crippen LogP contribution in [0.3, 0.4) is 0 Å². The van der Waals surface area contributed by atoms with E-state index in [1.165, 1.54) is 18.4 Å². The number of carbonyl (C=O) groups is 1. The van der Waals surface area contributed by atoms with Crippen LogP contribution in [-0.4, -0.2) is 18.2 Å². The van der Waals surface area contributed by atoms with E-state index in [4.69, 9.17) is 0 Å². The van der Waals surface area contributed by atoms with Gasteiger partial charge in [-0.3, -0.25) is 0 Å². The van der Waals surface area contributed by atoms with Crippen molar-refractivity contribution in [2.75, 3.05) is 7.11 Å². The fourth-order valence-corrected chi connectivity index (χ4v) is 2.58. The maximum Gasteiger partial charge on any atom is 0.351 e. The minimum Gasteiger partial charge on any atom is -0.506 e. The lowest BCUT2D eigenvalue weighted by atomic mass is 10.0. The molecule has 0 aliphatic heterocycles. The largest absolute Gasteiger partial charge is 0.506 e. The Morgan fingerprint density at radius 1 is 1.50 bits per heavy atom. The number of hydrogen-bond donors (Lipinski definition) is 1. The summed E-state index contributed by atoms with van der Waals surface area (Å²) in [5.41, 5.74) is 0.843. The van der Waals surface area contributed by atoms with Crippen LogP contribution in [0.5, 0.6) is 5.75 Å². The molecule has 1 aromatic rings. The van der Waals surface area contributed by atoms with Crippen molar-refractivity contribution in [3.8, 4) is 5.75 Å². The van der Waals surface area contributed by atoms with Gasteiger partial charge in [0, 0.05) is 10.4 Å². The first-order valence-corrected chi connectivity index (χ1v) is 5.21. The Bertz CT molecular complexity index is 352. The summed E-state index contributed by atoms with van der Waals surface area (Å²) in [6, 6.07) is 0. The first-order chi connectivity index (χ1) is 6.49. The Labute approximate surface area is 87.3 Å². The van der Waals surface area contributed by atoms with Crippen molar-refractivity contribution in [1.29, 1.82) is 0 Å². The molecule has 1 N–H and O–H groups in total. The van der Waals surface area contributed by atoms with Crippen molar-refractivity contribution in [3.63, 3.8) is 0 Å². The molecule has 0 atom stereocenters. The van der Waals surface area contributed by atoms with Crippen LogP contribution < -0.4 is 0 Å². The van der Waals surface area contributed by atoms with Gasteiger partial charge in [-0.15, -0.1) is 11.3 Å². The highest BCUT2D eigenvalue weighted by atomic mass is 32.1. The summed E-state index contributed by atoms with van der Waals surface area (Å²) < 4.78 is 4.58. The van der Waals surface area contributed by atoms with Gasteiger partial charge in [0.05, 0.1) is 7.11 Å². The monoisotopic (exact) mass is 214 g/mol. The van der Waals surface area contributed by atoms with Gasteiger partial charge in [0.1, 0.15) is 5.75 Å². The average Bonchev–Trinajstić information content (AvgIpc) is 2.40. The van der Waals surface area contributed by atoms with Crippen molar-refractivity contribution in [2.45, 2.75) is 26.7 Å². The molecular formula is C10H14O3S. The lowest BCUT2D eigenvalue weighted by Crippen LogP contribution is -1.98. The topological polar surface area (TPSA) is 46.5 Å². The number of rotatable bonds is 2. The Balaban J connectivity index is 3.23. The molecule has 1 rings (SSSR count). The average molecular weight is 214 g/mol. The third-order valence-electron chi connectivity index (χ3n) is 2.05. The zero-order valence-corrected chi connectivity index (χ0v) is 9.57. The van der Waals surface area contributed by atoms with Gasteiger partial charge in [0.2, 0.25) is 0 Å². The van der Waals surface area contributed by atoms with Gasteiger partial charge >= 0.3 is 5.97 Å². The molecule has 0 aliphatic carbocycles. The lowest BCUT2D eigenvalue weighted by Gasteiger charge is -2.04. The summed E-state index contributed by atoms with van der Waals surface area (Å²) in [5, 5.41) is 9.79. The number of carbonyl (C=O) groups excluding carboxylic acids is 1. The summed E-state index contributed by atoms with van der Waals surface area (Å²) in [7, 11) is 1.31. The summed E-state index contributed by atoms with van der Waals surface area (Å²) in [6.45, 7) is 5.86. The lowest BCUT2D eigenvalue weighted by molar-refractivity contribution is 0.0603. The van der Waals surface area contributed by atoms with Crippen LogP contribution in [0.15, 0.2) is 0 Å². The summed E-state index contributed by atoms with van der Waals surface area (Å²) >= 11 is 1.28. The second kappa shape index (κ2) is 4.00. The van der Waals surface area contributed by atoms with Gasteiger partial charge in [-0.05, 0) is 12.8 Å². The van der Waals surface area contributed by atoms with Crippen LogP contribution in [0, 0.1) is 6.92 Å². The molecule has 0 amide bonds. The molecule has 1 aromatic heterocycles. The quantitative estimate of drug-likeness (QED) is 0.770. The van der Waals surface area contributed by atoms with Crippen molar-refractivity contribution in [2.24, 2.45) is 0 Å². The fraction of sp³-hybridized carbons (Fsp3) is 0.500. The Morgan fingerprint density at radius 2 is 2.07 bits per heavy atom. The van der Waals surface area contributed by atoms with E-state index >= 15 is 0 Å². The van der Waals surface area contributed by atoms with E-state index < -0.39 is 5.97 Å². The number of methoxy groups -OCH3 is 1. The van der Waals surface area contributed by atoms with Crippen molar-refractivity contribution in [3.05, 3.63) is 15.3 Å². The predicted octanol–water partition coefficient (Wildman–Crippen LogP) is 2.67. The van der Waals surface area contributed by atoms with E-state index in [0.29, 0.717) is 4.88 Å². The SMILES string of the molecule is COC(=O)c1sc(C)c(C(C)C)c1O. The van der Waals surface area contributed by atoms with Crippen LogP contribution in [0.25, 0.3) is 0 Å². The zero-order valence-electron chi connectivity index (χ0n) is 8.75. The summed E-state index contributed by atoms with van der Waals surface area (Å²) in [5.74, 6) is -0.179. The molecule has 4 heteroatoms. The minimum atomic E-state index is -0.470. The third kappa shape index (κ3) is 1.75. The van der Waals surface area contributed by atoms with Gasteiger partial charge in [-0.1, -0.05) is 13.8 Å². The molecule has 0 aliphatic rings. The first kappa shape index (κ1) is 11.0. The second-order valence-corrected chi connectivity index (χ2v) is 4.62. The van der Waals surface area contributed by atoms with E-state index in [0.717, 1.165) is 10.4 Å². The number of ether oxygens (including phenoxy) is 1. The van der Waals surface area contributed by atoms with Gasteiger partial charge < -0.3 is 9.84 Å². The maximum atomic E-state index is 11.3. The van der Waals surface area contributed by atoms with E-state index in [1.807, 2.05) is 20.8 Å². The van der Waals surface area contributed by atoms with E-state index in [-0.39, 0.29) is 11.7 Å². The van der Waals surface area contributed by atoms with Crippen molar-refractivity contribution < 1.29 is 14.6 Å². The van der Waals surface area contributed by atoms with Gasteiger partial charge in [0.15, 0.2) is 4.88 Å². The van der Waals surface area contributed by atoms with Crippen LogP contribution in [-0.2, 0) is 4.74 Å². The number of hydrogen-bond acceptors (Lipinski definition) is 4. The van der Waals surface area contributed by atoms with Crippen molar-refractivity contribution in [1.82, 2.24) is 0 Å². The third-order valence-corrected chi connectivity index (χ3v) is 3.14. The van der Waals surface area contributed by atoms with Crippen LogP contribution in [0.4, 0.5) is 0 Å². The molecule has 3 nitrogen and oxygen atoms in total. The Morgan fingerprint density at radius 3 is 2.43 bits per heavy atom. The molecule has 0 aromatic carbocycles. The molecule has 0 saturated heterocycles. The Kier molecular flexibility index (Phi) is 3.16. The van der Waals surface area contributed by atoms with Crippen molar-refractivity contribution >= 4 is 17.3 Å². The molecule has 0 unspecified atom stereocenters. The molecule has 0 spiro atoms. The molecule has 14 heavy (non-hydrogen) atoms. The normalized spacial score (nSPS) is 10.6. The molecule has 0 bridgehead atoms. The van der Waals surface area contributed by atoms with Gasteiger partial charge in [0.25, 0.3) is 0 Å². The highest BCUT2D eigenvalue weighted by Gasteiger charge is 2.22. The van der Waals surface area contributed by atoms with E-state index in [9.17, 15) is 9.90 Å². The summed E-state index contributed by atoms with van der Waals surface area (Å²) in [6.07, 6.45) is 0. The number of aryl methyl sites for hydroxylation is 1. The van der Waals surface area contributed by atoms with Gasteiger partial charge in [-0.25, -0.2) is 4.79 Å². The second-order valence-electron chi connectivity index (χ2n) is 3.40. The number of esters is 1. The van der Waals surface area contributed by atoms with Gasteiger partial charge in [-0.2, -0.15) is 0 Å². The number of thiophene rings is 1. The molecular weight excluding hydrogens is 200 g/mol. The predicted molar refractivity (Wildman–Crippen MR) is 56.1 cm³/mol. The van der Waals surface area contributed by atoms with E-state index in [2.05, 4.69) is 4.74 Å². The maximum absolute atomic E-state index is 11.3. The molecule has 0 fully saturated rings. The Hall–Kier alpha value is -1.03. The number of aromatic hydroxyl groups is 1. The smallest absolute Gasteiger partial charge is 0.351 e. The molecule has 0 saturated carbocycles. The zero-order chi connectivity index (χ0) is 10.9. The van der Waals surface area contributed by atoms with E-state index in [1.54, 1.807) is 0 Å². The highest BCUT2D eigenvalue weighted by Crippen LogP contribution is 2.38. The molecule has 0 radical (unpaired) electrons. The van der Waals surface area contributed by atoms with Crippen LogP contribution >= 0.6 is 11.3 Å². The molecule has 1 heterocycles. The first-order valence-electron chi connectivity index (χ1n) is 4.39. The standard InChI is InChI=1S/C10H14O3S/c1-5(2)7-6(3)14-9(8(7)11)10(12)13-4/h5,11H,1-4H3. The fourth-order valence-electron chi connectivity index (χ4n) is 1.46. The minimum absolute atomic E-state index is 0.0781. The van der Waals surface area contributed by atoms with Crippen LogP contribution in [0.1, 0.15) is 39.9 Å².